The SMILES string of the molecule is NCCCCN1CCN(CC(=O)NC2CCCC2)CC1. The van der Waals surface area contributed by atoms with Crippen molar-refractivity contribution in [3.05, 3.63) is 0 Å². The highest BCUT2D eigenvalue weighted by atomic mass is 16.2. The normalized spacial score (nSPS) is 22.2. The van der Waals surface area contributed by atoms with Gasteiger partial charge in [-0.1, -0.05) is 12.8 Å². The Balaban J connectivity index is 1.57. The molecular formula is C15H30N4O. The maximum Gasteiger partial charge on any atom is 0.234 e. The van der Waals surface area contributed by atoms with Crippen LogP contribution in [0.1, 0.15) is 38.5 Å². The van der Waals surface area contributed by atoms with E-state index in [0.717, 1.165) is 45.7 Å². The van der Waals surface area contributed by atoms with Gasteiger partial charge in [-0.2, -0.15) is 0 Å². The molecule has 0 aromatic heterocycles. The second-order valence-electron chi connectivity index (χ2n) is 6.16. The molecule has 0 bridgehead atoms. The van der Waals surface area contributed by atoms with E-state index in [2.05, 4.69) is 15.1 Å². The molecular weight excluding hydrogens is 252 g/mol. The molecule has 1 amide bonds. The van der Waals surface area contributed by atoms with Crippen LogP contribution in [-0.2, 0) is 4.79 Å². The predicted octanol–water partition coefficient (Wildman–Crippen LogP) is 0.402. The molecule has 0 spiro atoms. The van der Waals surface area contributed by atoms with Crippen molar-refractivity contribution in [2.24, 2.45) is 5.73 Å². The lowest BCUT2D eigenvalue weighted by molar-refractivity contribution is -0.123. The largest absolute Gasteiger partial charge is 0.352 e. The third kappa shape index (κ3) is 5.38. The molecule has 2 fully saturated rings. The lowest BCUT2D eigenvalue weighted by Crippen LogP contribution is -2.50. The summed E-state index contributed by atoms with van der Waals surface area (Å²) >= 11 is 0. The molecule has 2 aliphatic rings. The first-order valence-electron chi connectivity index (χ1n) is 8.22. The molecule has 0 aromatic carbocycles. The Morgan fingerprint density at radius 1 is 1.05 bits per heavy atom. The number of rotatable bonds is 7. The Bertz CT molecular complexity index is 284. The van der Waals surface area contributed by atoms with Crippen LogP contribution in [0.2, 0.25) is 0 Å². The zero-order chi connectivity index (χ0) is 14.2. The molecule has 1 heterocycles. The maximum absolute atomic E-state index is 12.0. The molecule has 1 saturated carbocycles. The first kappa shape index (κ1) is 15.7. The minimum atomic E-state index is 0.216. The van der Waals surface area contributed by atoms with E-state index in [1.54, 1.807) is 0 Å². The predicted molar refractivity (Wildman–Crippen MR) is 81.6 cm³/mol. The monoisotopic (exact) mass is 282 g/mol. The summed E-state index contributed by atoms with van der Waals surface area (Å²) in [5.41, 5.74) is 5.52. The Morgan fingerprint density at radius 2 is 1.70 bits per heavy atom. The topological polar surface area (TPSA) is 61.6 Å². The van der Waals surface area contributed by atoms with Gasteiger partial charge >= 0.3 is 0 Å². The van der Waals surface area contributed by atoms with E-state index in [9.17, 15) is 4.79 Å². The second kappa shape index (κ2) is 8.60. The van der Waals surface area contributed by atoms with Crippen molar-refractivity contribution < 1.29 is 4.79 Å². The number of carbonyl (C=O) groups excluding carboxylic acids is 1. The van der Waals surface area contributed by atoms with Crippen LogP contribution in [-0.4, -0.2) is 67.6 Å². The average molecular weight is 282 g/mol. The molecule has 1 aliphatic carbocycles. The molecule has 1 aliphatic heterocycles. The summed E-state index contributed by atoms with van der Waals surface area (Å²) in [5, 5.41) is 3.17. The lowest BCUT2D eigenvalue weighted by atomic mass is 10.2. The van der Waals surface area contributed by atoms with Gasteiger partial charge in [0.25, 0.3) is 0 Å². The van der Waals surface area contributed by atoms with Gasteiger partial charge in [0.2, 0.25) is 5.91 Å². The quantitative estimate of drug-likeness (QED) is 0.664. The molecule has 5 heteroatoms. The molecule has 3 N–H and O–H groups in total. The van der Waals surface area contributed by atoms with Crippen LogP contribution in [0.4, 0.5) is 0 Å². The number of hydrogen-bond acceptors (Lipinski definition) is 4. The Kier molecular flexibility index (Phi) is 6.76. The van der Waals surface area contributed by atoms with Gasteiger partial charge in [-0.25, -0.2) is 0 Å². The molecule has 20 heavy (non-hydrogen) atoms. The smallest absolute Gasteiger partial charge is 0.234 e. The van der Waals surface area contributed by atoms with E-state index >= 15 is 0 Å². The van der Waals surface area contributed by atoms with E-state index in [1.807, 2.05) is 0 Å². The van der Waals surface area contributed by atoms with Gasteiger partial charge in [0.05, 0.1) is 6.54 Å². The average Bonchev–Trinajstić information content (AvgIpc) is 2.94. The molecule has 2 rings (SSSR count). The number of nitrogens with one attached hydrogen (secondary N) is 1. The highest BCUT2D eigenvalue weighted by Crippen LogP contribution is 2.17. The van der Waals surface area contributed by atoms with Gasteiger partial charge in [0, 0.05) is 32.2 Å². The zero-order valence-corrected chi connectivity index (χ0v) is 12.6. The molecule has 116 valence electrons. The number of nitrogens with zero attached hydrogens (tertiary/aromatic N) is 2. The number of carbonyl (C=O) groups is 1. The first-order valence-corrected chi connectivity index (χ1v) is 8.22. The summed E-state index contributed by atoms with van der Waals surface area (Å²) in [6, 6.07) is 0.444. The summed E-state index contributed by atoms with van der Waals surface area (Å²) in [4.78, 5) is 16.7. The third-order valence-electron chi connectivity index (χ3n) is 4.48. The summed E-state index contributed by atoms with van der Waals surface area (Å²) in [5.74, 6) is 0.216. The van der Waals surface area contributed by atoms with Crippen molar-refractivity contribution in [2.75, 3.05) is 45.8 Å². The first-order chi connectivity index (χ1) is 9.78. The van der Waals surface area contributed by atoms with Gasteiger partial charge in [-0.15, -0.1) is 0 Å². The highest BCUT2D eigenvalue weighted by molar-refractivity contribution is 5.78. The van der Waals surface area contributed by atoms with Gasteiger partial charge < -0.3 is 16.0 Å². The standard InChI is InChI=1S/C15H30N4O/c16-7-3-4-8-18-9-11-19(12-10-18)13-15(20)17-14-5-1-2-6-14/h14H,1-13,16H2,(H,17,20). The van der Waals surface area contributed by atoms with Crippen LogP contribution in [0.5, 0.6) is 0 Å². The van der Waals surface area contributed by atoms with Crippen LogP contribution in [0.15, 0.2) is 0 Å². The number of unbranched alkanes of at least 4 members (excludes halogenated alkanes) is 1. The second-order valence-corrected chi connectivity index (χ2v) is 6.16. The van der Waals surface area contributed by atoms with Crippen molar-refractivity contribution in [1.82, 2.24) is 15.1 Å². The van der Waals surface area contributed by atoms with Gasteiger partial charge in [-0.05, 0) is 38.8 Å². The summed E-state index contributed by atoms with van der Waals surface area (Å²) < 4.78 is 0. The fourth-order valence-electron chi connectivity index (χ4n) is 3.20. The number of nitrogens with two attached hydrogens (primary N) is 1. The molecule has 0 unspecified atom stereocenters. The van der Waals surface area contributed by atoms with Gasteiger partial charge in [0.1, 0.15) is 0 Å². The minimum absolute atomic E-state index is 0.216. The Morgan fingerprint density at radius 3 is 2.35 bits per heavy atom. The van der Waals surface area contributed by atoms with Crippen molar-refractivity contribution in [1.29, 1.82) is 0 Å². The zero-order valence-electron chi connectivity index (χ0n) is 12.6. The fourth-order valence-corrected chi connectivity index (χ4v) is 3.20. The van der Waals surface area contributed by atoms with Crippen molar-refractivity contribution in [2.45, 2.75) is 44.6 Å². The summed E-state index contributed by atoms with van der Waals surface area (Å²) in [6.07, 6.45) is 7.18. The summed E-state index contributed by atoms with van der Waals surface area (Å²) in [7, 11) is 0. The molecule has 0 aromatic rings. The maximum atomic E-state index is 12.0. The lowest BCUT2D eigenvalue weighted by Gasteiger charge is -2.34. The van der Waals surface area contributed by atoms with E-state index in [4.69, 9.17) is 5.73 Å². The number of piperazine rings is 1. The number of hydrogen-bond donors (Lipinski definition) is 2. The van der Waals surface area contributed by atoms with Crippen LogP contribution < -0.4 is 11.1 Å². The van der Waals surface area contributed by atoms with Crippen LogP contribution >= 0.6 is 0 Å². The van der Waals surface area contributed by atoms with Gasteiger partial charge in [0.15, 0.2) is 0 Å². The third-order valence-corrected chi connectivity index (χ3v) is 4.48. The van der Waals surface area contributed by atoms with Crippen LogP contribution in [0.3, 0.4) is 0 Å². The van der Waals surface area contributed by atoms with Crippen molar-refractivity contribution >= 4 is 5.91 Å². The highest BCUT2D eigenvalue weighted by Gasteiger charge is 2.21. The van der Waals surface area contributed by atoms with Crippen molar-refractivity contribution in [3.8, 4) is 0 Å². The van der Waals surface area contributed by atoms with Crippen molar-refractivity contribution in [3.63, 3.8) is 0 Å². The molecule has 0 radical (unpaired) electrons. The molecule has 5 nitrogen and oxygen atoms in total. The van der Waals surface area contributed by atoms with E-state index in [-0.39, 0.29) is 5.91 Å². The molecule has 1 saturated heterocycles. The van der Waals surface area contributed by atoms with Gasteiger partial charge in [-0.3, -0.25) is 9.69 Å². The van der Waals surface area contributed by atoms with Crippen LogP contribution in [0.25, 0.3) is 0 Å². The molecule has 0 atom stereocenters. The fraction of sp³-hybridized carbons (Fsp3) is 0.933. The minimum Gasteiger partial charge on any atom is -0.352 e. The Labute approximate surface area is 122 Å². The van der Waals surface area contributed by atoms with E-state index < -0.39 is 0 Å². The van der Waals surface area contributed by atoms with E-state index in [1.165, 1.54) is 32.1 Å². The van der Waals surface area contributed by atoms with Crippen LogP contribution in [0, 0.1) is 0 Å². The summed E-state index contributed by atoms with van der Waals surface area (Å²) in [6.45, 7) is 6.72. The van der Waals surface area contributed by atoms with E-state index in [0.29, 0.717) is 12.6 Å². The number of amides is 1. The Hall–Kier alpha value is -0.650.